The van der Waals surface area contributed by atoms with Crippen molar-refractivity contribution in [1.82, 2.24) is 0 Å². The molecule has 0 atom stereocenters. The van der Waals surface area contributed by atoms with Gasteiger partial charge < -0.3 is 4.18 Å². The lowest BCUT2D eigenvalue weighted by Gasteiger charge is -2.43. The molecule has 0 heterocycles. The normalized spacial score (nSPS) is 14.0. The second kappa shape index (κ2) is 6.10. The van der Waals surface area contributed by atoms with Crippen LogP contribution in [-0.4, -0.2) is 44.3 Å². The number of carbonyl (C=O) groups is 1. The Bertz CT molecular complexity index is 608. The van der Waals surface area contributed by atoms with Crippen molar-refractivity contribution < 1.29 is 17.4 Å². The summed E-state index contributed by atoms with van der Waals surface area (Å²) in [7, 11) is -4.59. The predicted molar refractivity (Wildman–Crippen MR) is 89.0 cm³/mol. The summed E-state index contributed by atoms with van der Waals surface area (Å²) in [5.74, 6) is -0.139. The Kier molecular flexibility index (Phi) is 5.29. The van der Waals surface area contributed by atoms with E-state index in [-0.39, 0.29) is 22.0 Å². The fourth-order valence-corrected chi connectivity index (χ4v) is 2.73. The lowest BCUT2D eigenvalue weighted by Crippen LogP contribution is -2.27. The number of carbonyl (C=O) groups excluding carboxylic acids is 1. The maximum atomic E-state index is 12.1. The predicted octanol–water partition coefficient (Wildman–Crippen LogP) is 3.07. The molecule has 21 heavy (non-hydrogen) atoms. The molecule has 0 saturated carbocycles. The fourth-order valence-electron chi connectivity index (χ4n) is 1.35. The number of Topliss-reactive ketones (excluding diaryl/α,β-unsaturated/α-hetero) is 1. The van der Waals surface area contributed by atoms with Gasteiger partial charge in [-0.15, -0.1) is 10.3 Å². The second-order valence-electron chi connectivity index (χ2n) is 6.33. The molecular weight excluding hydrogens is 308 g/mol. The summed E-state index contributed by atoms with van der Waals surface area (Å²) in [5, 5.41) is 0. The minimum atomic E-state index is -3.24. The first-order chi connectivity index (χ1) is 9.34. The summed E-state index contributed by atoms with van der Waals surface area (Å²) < 4.78 is 28.6. The number of benzene rings is 1. The Balaban J connectivity index is 2.78. The molecule has 0 bridgehead atoms. The molecule has 0 radical (unpaired) electrons. The molecular formula is C15H24O4S2. The maximum absolute atomic E-state index is 12.1. The summed E-state index contributed by atoms with van der Waals surface area (Å²) in [6, 6.07) is 5.96. The van der Waals surface area contributed by atoms with Gasteiger partial charge in [0.25, 0.3) is 0 Å². The van der Waals surface area contributed by atoms with Crippen LogP contribution < -0.4 is 0 Å². The Morgan fingerprint density at radius 1 is 1.05 bits per heavy atom. The van der Waals surface area contributed by atoms with Crippen LogP contribution >= 0.6 is 10.3 Å². The first-order valence-electron chi connectivity index (χ1n) is 6.55. The van der Waals surface area contributed by atoms with E-state index < -0.39 is 20.1 Å². The summed E-state index contributed by atoms with van der Waals surface area (Å²) in [5.41, 5.74) is 0.464. The topological polar surface area (TPSA) is 60.4 Å². The lowest BCUT2D eigenvalue weighted by atomic mass is 10.1. The van der Waals surface area contributed by atoms with Gasteiger partial charge in [-0.2, -0.15) is 0 Å². The lowest BCUT2D eigenvalue weighted by molar-refractivity contribution is 0.0930. The molecule has 0 aliphatic carbocycles. The molecule has 0 fully saturated rings. The Hall–Kier alpha value is -0.850. The van der Waals surface area contributed by atoms with Crippen LogP contribution in [0.2, 0.25) is 0 Å². The van der Waals surface area contributed by atoms with Gasteiger partial charge in [0.1, 0.15) is 6.61 Å². The largest absolute Gasteiger partial charge is 0.328 e. The van der Waals surface area contributed by atoms with Crippen molar-refractivity contribution in [3.05, 3.63) is 29.8 Å². The highest BCUT2D eigenvalue weighted by Crippen LogP contribution is 2.53. The van der Waals surface area contributed by atoms with Crippen molar-refractivity contribution in [2.45, 2.75) is 30.4 Å². The van der Waals surface area contributed by atoms with Crippen LogP contribution in [-0.2, 0) is 14.0 Å². The molecule has 4 nitrogen and oxygen atoms in total. The third kappa shape index (κ3) is 4.83. The molecule has 0 amide bonds. The van der Waals surface area contributed by atoms with E-state index in [0.717, 1.165) is 6.26 Å². The summed E-state index contributed by atoms with van der Waals surface area (Å²) in [6.45, 7) is 6.28. The van der Waals surface area contributed by atoms with Crippen LogP contribution in [0.15, 0.2) is 29.2 Å². The van der Waals surface area contributed by atoms with Gasteiger partial charge in [0.2, 0.25) is 0 Å². The van der Waals surface area contributed by atoms with Crippen LogP contribution in [0.5, 0.6) is 0 Å². The molecule has 1 rings (SSSR count). The first-order valence-corrected chi connectivity index (χ1v) is 10.8. The van der Waals surface area contributed by atoms with E-state index >= 15 is 0 Å². The fraction of sp³-hybridized carbons (Fsp3) is 0.533. The molecule has 0 unspecified atom stereocenters. The van der Waals surface area contributed by atoms with E-state index in [0.29, 0.717) is 5.56 Å². The summed E-state index contributed by atoms with van der Waals surface area (Å²) in [4.78, 5) is 12.3. The van der Waals surface area contributed by atoms with Crippen LogP contribution in [0.25, 0.3) is 0 Å². The van der Waals surface area contributed by atoms with Crippen LogP contribution in [0.1, 0.15) is 31.1 Å². The van der Waals surface area contributed by atoms with Gasteiger partial charge in [-0.25, -0.2) is 8.42 Å². The zero-order valence-electron chi connectivity index (χ0n) is 13.5. The minimum absolute atomic E-state index is 0.00652. The smallest absolute Gasteiger partial charge is 0.189 e. The zero-order chi connectivity index (χ0) is 16.5. The number of hydrogen-bond donors (Lipinski definition) is 0. The highest BCUT2D eigenvalue weighted by atomic mass is 32.3. The van der Waals surface area contributed by atoms with Crippen LogP contribution in [0, 0.1) is 0 Å². The third-order valence-corrected chi connectivity index (χ3v) is 8.35. The quantitative estimate of drug-likeness (QED) is 0.778. The molecule has 1 aromatic carbocycles. The summed E-state index contributed by atoms with van der Waals surface area (Å²) >= 11 is 0. The average molecular weight is 332 g/mol. The van der Waals surface area contributed by atoms with Crippen LogP contribution in [0.3, 0.4) is 0 Å². The molecule has 0 aliphatic rings. The van der Waals surface area contributed by atoms with E-state index in [2.05, 4.69) is 20.8 Å². The number of rotatable bonds is 5. The molecule has 6 heteroatoms. The van der Waals surface area contributed by atoms with E-state index in [9.17, 15) is 13.2 Å². The highest BCUT2D eigenvalue weighted by molar-refractivity contribution is 8.29. The molecule has 0 N–H and O–H groups in total. The highest BCUT2D eigenvalue weighted by Gasteiger charge is 2.29. The molecule has 1 aromatic rings. The summed E-state index contributed by atoms with van der Waals surface area (Å²) in [6.07, 6.45) is 5.21. The molecule has 120 valence electrons. The van der Waals surface area contributed by atoms with E-state index in [1.165, 1.54) is 24.3 Å². The van der Waals surface area contributed by atoms with Crippen molar-refractivity contribution in [3.63, 3.8) is 0 Å². The molecule has 0 aromatic heterocycles. The monoisotopic (exact) mass is 332 g/mol. The Morgan fingerprint density at radius 2 is 1.52 bits per heavy atom. The van der Waals surface area contributed by atoms with Crippen molar-refractivity contribution in [2.75, 3.05) is 25.4 Å². The SMILES string of the molecule is CC(C)(C)S(C)(C)OCC(=O)c1ccc(S(C)(=O)=O)cc1. The van der Waals surface area contributed by atoms with E-state index in [4.69, 9.17) is 4.18 Å². The Labute approximate surface area is 129 Å². The van der Waals surface area contributed by atoms with Gasteiger partial charge >= 0.3 is 0 Å². The van der Waals surface area contributed by atoms with Gasteiger partial charge in [0, 0.05) is 16.6 Å². The Morgan fingerprint density at radius 3 is 1.90 bits per heavy atom. The van der Waals surface area contributed by atoms with Gasteiger partial charge in [0.15, 0.2) is 15.6 Å². The van der Waals surface area contributed by atoms with Gasteiger partial charge in [-0.1, -0.05) is 32.9 Å². The van der Waals surface area contributed by atoms with Crippen molar-refractivity contribution in [1.29, 1.82) is 0 Å². The van der Waals surface area contributed by atoms with Crippen LogP contribution in [0.4, 0.5) is 0 Å². The first kappa shape index (κ1) is 18.2. The number of hydrogen-bond acceptors (Lipinski definition) is 4. The number of sulfone groups is 1. The minimum Gasteiger partial charge on any atom is -0.328 e. The maximum Gasteiger partial charge on any atom is 0.189 e. The van der Waals surface area contributed by atoms with Crippen molar-refractivity contribution >= 4 is 25.9 Å². The number of ketones is 1. The second-order valence-corrected chi connectivity index (χ2v) is 12.3. The van der Waals surface area contributed by atoms with Crippen molar-refractivity contribution in [2.24, 2.45) is 0 Å². The molecule has 0 aliphatic heterocycles. The van der Waals surface area contributed by atoms with Gasteiger partial charge in [0.05, 0.1) is 4.90 Å². The van der Waals surface area contributed by atoms with E-state index in [1.807, 2.05) is 12.5 Å². The van der Waals surface area contributed by atoms with E-state index in [1.54, 1.807) is 0 Å². The molecule has 0 saturated heterocycles. The average Bonchev–Trinajstić information content (AvgIpc) is 2.34. The van der Waals surface area contributed by atoms with Gasteiger partial charge in [-0.05, 0) is 24.6 Å². The third-order valence-electron chi connectivity index (χ3n) is 3.56. The zero-order valence-corrected chi connectivity index (χ0v) is 15.1. The van der Waals surface area contributed by atoms with Gasteiger partial charge in [-0.3, -0.25) is 4.79 Å². The molecule has 0 spiro atoms. The van der Waals surface area contributed by atoms with Crippen molar-refractivity contribution in [3.8, 4) is 0 Å². The standard InChI is InChI=1S/C15H24O4S2/c1-15(2,3)20(4,5)19-11-14(16)12-7-9-13(10-8-12)21(6,17)18/h7-10H,11H2,1-6H3.